The van der Waals surface area contributed by atoms with Crippen molar-refractivity contribution in [3.05, 3.63) is 23.3 Å². The average Bonchev–Trinajstić information content (AvgIpc) is 3.25. The van der Waals surface area contributed by atoms with E-state index in [-0.39, 0.29) is 29.8 Å². The van der Waals surface area contributed by atoms with Gasteiger partial charge in [0.05, 0.1) is 24.4 Å². The van der Waals surface area contributed by atoms with Crippen molar-refractivity contribution in [2.75, 3.05) is 6.61 Å². The summed E-state index contributed by atoms with van der Waals surface area (Å²) in [5.41, 5.74) is 0.350. The molecule has 0 radical (unpaired) electrons. The fourth-order valence-electron chi connectivity index (χ4n) is 6.06. The zero-order valence-corrected chi connectivity index (χ0v) is 19.2. The molecule has 2 bridgehead atoms. The largest absolute Gasteiger partial charge is 0.459 e. The van der Waals surface area contributed by atoms with E-state index in [2.05, 4.69) is 0 Å². The van der Waals surface area contributed by atoms with E-state index in [1.807, 2.05) is 32.9 Å². The number of hydrogen-bond acceptors (Lipinski definition) is 7. The third kappa shape index (κ3) is 3.96. The van der Waals surface area contributed by atoms with Crippen molar-refractivity contribution in [1.82, 2.24) is 0 Å². The van der Waals surface area contributed by atoms with Crippen LogP contribution in [0.15, 0.2) is 23.3 Å². The Kier molecular flexibility index (Phi) is 5.59. The van der Waals surface area contributed by atoms with Crippen LogP contribution < -0.4 is 0 Å². The molecule has 9 atom stereocenters. The number of carbonyl (C=O) groups is 2. The fraction of sp³-hybridized carbons (Fsp3) is 0.750. The Balaban J connectivity index is 1.82. The van der Waals surface area contributed by atoms with Gasteiger partial charge in [-0.05, 0) is 40.2 Å². The van der Waals surface area contributed by atoms with Crippen LogP contribution >= 0.6 is 0 Å². The number of esters is 2. The second kappa shape index (κ2) is 7.71. The van der Waals surface area contributed by atoms with Crippen molar-refractivity contribution in [3.8, 4) is 0 Å². The second-order valence-corrected chi connectivity index (χ2v) is 10.1. The highest BCUT2D eigenvalue weighted by Gasteiger charge is 2.66. The number of aliphatic hydroxyl groups is 1. The summed E-state index contributed by atoms with van der Waals surface area (Å²) < 4.78 is 23.8. The van der Waals surface area contributed by atoms with E-state index >= 15 is 0 Å². The van der Waals surface area contributed by atoms with E-state index in [0.717, 1.165) is 17.6 Å². The zero-order chi connectivity index (χ0) is 22.7. The Morgan fingerprint density at radius 1 is 1.16 bits per heavy atom. The summed E-state index contributed by atoms with van der Waals surface area (Å²) in [6.45, 7) is 11.1. The van der Waals surface area contributed by atoms with Crippen LogP contribution in [0, 0.1) is 17.8 Å². The molecular weight excluding hydrogens is 400 g/mol. The Labute approximate surface area is 183 Å². The van der Waals surface area contributed by atoms with Crippen LogP contribution in [0.2, 0.25) is 0 Å². The van der Waals surface area contributed by atoms with Crippen molar-refractivity contribution in [2.24, 2.45) is 17.8 Å². The number of fused-ring (bicyclic) bond motifs is 5. The van der Waals surface area contributed by atoms with E-state index < -0.39 is 35.5 Å². The summed E-state index contributed by atoms with van der Waals surface area (Å²) >= 11 is 0. The molecule has 3 heterocycles. The third-order valence-electron chi connectivity index (χ3n) is 7.55. The number of carbonyl (C=O) groups excluding carboxylic acids is 2. The maximum Gasteiger partial charge on any atom is 0.303 e. The van der Waals surface area contributed by atoms with Gasteiger partial charge in [0.15, 0.2) is 0 Å². The van der Waals surface area contributed by atoms with Crippen LogP contribution in [0.4, 0.5) is 0 Å². The predicted molar refractivity (Wildman–Crippen MR) is 112 cm³/mol. The Hall–Kier alpha value is -1.70. The lowest BCUT2D eigenvalue weighted by Gasteiger charge is -2.46. The highest BCUT2D eigenvalue weighted by molar-refractivity contribution is 5.67. The Bertz CT molecular complexity index is 822. The van der Waals surface area contributed by atoms with Gasteiger partial charge in [-0.15, -0.1) is 0 Å². The monoisotopic (exact) mass is 434 g/mol. The lowest BCUT2D eigenvalue weighted by molar-refractivity contribution is -0.191. The molecule has 0 saturated carbocycles. The van der Waals surface area contributed by atoms with E-state index in [0.29, 0.717) is 13.0 Å². The van der Waals surface area contributed by atoms with Crippen molar-refractivity contribution >= 4 is 11.9 Å². The molecule has 0 unspecified atom stereocenters. The molecule has 4 aliphatic rings. The second-order valence-electron chi connectivity index (χ2n) is 10.1. The average molecular weight is 435 g/mol. The van der Waals surface area contributed by atoms with E-state index in [4.69, 9.17) is 18.9 Å². The smallest absolute Gasteiger partial charge is 0.303 e. The molecule has 0 aromatic rings. The highest BCUT2D eigenvalue weighted by atomic mass is 16.6. The van der Waals surface area contributed by atoms with Crippen LogP contribution in [0.3, 0.4) is 0 Å². The van der Waals surface area contributed by atoms with Crippen molar-refractivity contribution in [1.29, 1.82) is 0 Å². The molecule has 0 aromatic heterocycles. The van der Waals surface area contributed by atoms with Crippen LogP contribution in [0.5, 0.6) is 0 Å². The lowest BCUT2D eigenvalue weighted by atomic mass is 9.61. The summed E-state index contributed by atoms with van der Waals surface area (Å²) in [6.07, 6.45) is 3.30. The summed E-state index contributed by atoms with van der Waals surface area (Å²) in [7, 11) is 0. The first kappa shape index (κ1) is 22.5. The predicted octanol–water partition coefficient (Wildman–Crippen LogP) is 2.71. The molecule has 31 heavy (non-hydrogen) atoms. The van der Waals surface area contributed by atoms with Crippen LogP contribution in [0.1, 0.15) is 54.4 Å². The molecule has 0 amide bonds. The number of hydrogen-bond donors (Lipinski definition) is 1. The molecule has 7 nitrogen and oxygen atoms in total. The first-order valence-corrected chi connectivity index (χ1v) is 11.1. The normalized spacial score (nSPS) is 48.2. The lowest BCUT2D eigenvalue weighted by Crippen LogP contribution is -2.58. The molecule has 7 heteroatoms. The highest BCUT2D eigenvalue weighted by Crippen LogP contribution is 2.57. The molecule has 2 fully saturated rings. The van der Waals surface area contributed by atoms with Gasteiger partial charge in [0.25, 0.3) is 0 Å². The minimum absolute atomic E-state index is 0.0498. The number of ether oxygens (including phenoxy) is 4. The molecule has 2 saturated heterocycles. The fourth-order valence-corrected chi connectivity index (χ4v) is 6.06. The first-order valence-electron chi connectivity index (χ1n) is 11.1. The van der Waals surface area contributed by atoms with Gasteiger partial charge in [-0.1, -0.05) is 17.2 Å². The Morgan fingerprint density at radius 3 is 2.39 bits per heavy atom. The molecule has 0 aromatic carbocycles. The molecule has 3 aliphatic heterocycles. The summed E-state index contributed by atoms with van der Waals surface area (Å²) in [6, 6.07) is 0. The van der Waals surface area contributed by atoms with Gasteiger partial charge in [0.1, 0.15) is 17.8 Å². The maximum atomic E-state index is 11.9. The van der Waals surface area contributed by atoms with Crippen molar-refractivity contribution < 1.29 is 33.6 Å². The first-order chi connectivity index (χ1) is 14.4. The number of epoxide rings is 1. The number of rotatable bonds is 3. The summed E-state index contributed by atoms with van der Waals surface area (Å²) in [5.74, 6) is -1.06. The van der Waals surface area contributed by atoms with Gasteiger partial charge in [-0.25, -0.2) is 0 Å². The molecule has 1 N–H and O–H groups in total. The van der Waals surface area contributed by atoms with Crippen LogP contribution in [0.25, 0.3) is 0 Å². The van der Waals surface area contributed by atoms with Crippen LogP contribution in [-0.2, 0) is 28.5 Å². The molecule has 172 valence electrons. The Morgan fingerprint density at radius 2 is 1.81 bits per heavy atom. The quantitative estimate of drug-likeness (QED) is 0.415. The van der Waals surface area contributed by atoms with Gasteiger partial charge in [-0.2, -0.15) is 0 Å². The standard InChI is InChI=1S/C24H34O7/c1-12-7-8-18(30-15(4)26)24(6,27)22-20-19(16(9-12)31-22)13(2)10-17(29-14(3)25)21(20)23(5)11-28-23/h7,10,16-22,27H,8-9,11H2,1-6H3/b12-7-/t16-,17-,18+,19-,20+,21+,22-,23+,24-/m1/s1. The summed E-state index contributed by atoms with van der Waals surface area (Å²) in [4.78, 5) is 23.7. The van der Waals surface area contributed by atoms with Gasteiger partial charge >= 0.3 is 11.9 Å². The molecule has 0 spiro atoms. The molecule has 4 rings (SSSR count). The van der Waals surface area contributed by atoms with E-state index in [1.54, 1.807) is 6.92 Å². The van der Waals surface area contributed by atoms with Gasteiger partial charge in [0.2, 0.25) is 0 Å². The molecule has 1 aliphatic carbocycles. The van der Waals surface area contributed by atoms with E-state index in [1.165, 1.54) is 13.8 Å². The zero-order valence-electron chi connectivity index (χ0n) is 19.2. The van der Waals surface area contributed by atoms with Crippen LogP contribution in [-0.4, -0.2) is 59.3 Å². The van der Waals surface area contributed by atoms with Crippen molar-refractivity contribution in [2.45, 2.75) is 90.0 Å². The SMILES string of the molecule is CC(=O)O[C@H]1C/C=C(/C)C[C@H]2O[C@H]([C@H]3[C@@H]2C(C)=C[C@@H](OC(C)=O)[C@@H]3[C@]2(C)CO2)[C@]1(C)O. The molecular formula is C24H34O7. The van der Waals surface area contributed by atoms with Gasteiger partial charge in [0, 0.05) is 38.0 Å². The van der Waals surface area contributed by atoms with Crippen molar-refractivity contribution in [3.63, 3.8) is 0 Å². The minimum atomic E-state index is -1.42. The van der Waals surface area contributed by atoms with Gasteiger partial charge < -0.3 is 24.1 Å². The van der Waals surface area contributed by atoms with Gasteiger partial charge in [-0.3, -0.25) is 9.59 Å². The summed E-state index contributed by atoms with van der Waals surface area (Å²) in [5, 5.41) is 11.8. The minimum Gasteiger partial charge on any atom is -0.459 e. The maximum absolute atomic E-state index is 11.9. The topological polar surface area (TPSA) is 94.6 Å². The third-order valence-corrected chi connectivity index (χ3v) is 7.55. The van der Waals surface area contributed by atoms with E-state index in [9.17, 15) is 14.7 Å².